The van der Waals surface area contributed by atoms with Gasteiger partial charge in [-0.05, 0) is 26.7 Å². The SMILES string of the molecule is CCC(C)(C)OC(=O)N1CC2(CCC(=O)C2)C1. The molecule has 2 rings (SSSR count). The quantitative estimate of drug-likeness (QED) is 0.743. The second-order valence-corrected chi connectivity index (χ2v) is 6.05. The van der Waals surface area contributed by atoms with Crippen molar-refractivity contribution in [1.29, 1.82) is 0 Å². The summed E-state index contributed by atoms with van der Waals surface area (Å²) in [5.74, 6) is 0.340. The van der Waals surface area contributed by atoms with Gasteiger partial charge < -0.3 is 9.64 Å². The number of carbonyl (C=O) groups is 2. The Bertz CT molecular complexity index is 343. The largest absolute Gasteiger partial charge is 0.443 e. The Labute approximate surface area is 102 Å². The third-order valence-corrected chi connectivity index (χ3v) is 4.03. The lowest BCUT2D eigenvalue weighted by Crippen LogP contribution is -2.58. The standard InChI is InChI=1S/C13H21NO3/c1-4-12(2,3)17-11(16)14-8-13(9-14)6-5-10(15)7-13/h4-9H2,1-3H3. The Kier molecular flexibility index (Phi) is 2.92. The van der Waals surface area contributed by atoms with E-state index in [0.717, 1.165) is 12.8 Å². The zero-order valence-corrected chi connectivity index (χ0v) is 10.9. The monoisotopic (exact) mass is 239 g/mol. The van der Waals surface area contributed by atoms with Gasteiger partial charge in [-0.2, -0.15) is 0 Å². The summed E-state index contributed by atoms with van der Waals surface area (Å²) in [7, 11) is 0. The number of amides is 1. The molecule has 17 heavy (non-hydrogen) atoms. The van der Waals surface area contributed by atoms with Crippen LogP contribution in [0.25, 0.3) is 0 Å². The van der Waals surface area contributed by atoms with Crippen molar-refractivity contribution >= 4 is 11.9 Å². The molecule has 0 atom stereocenters. The van der Waals surface area contributed by atoms with Gasteiger partial charge in [0.15, 0.2) is 0 Å². The molecule has 4 nitrogen and oxygen atoms in total. The van der Waals surface area contributed by atoms with Gasteiger partial charge in [-0.3, -0.25) is 4.79 Å². The fourth-order valence-electron chi connectivity index (χ4n) is 2.54. The van der Waals surface area contributed by atoms with Crippen molar-refractivity contribution in [3.63, 3.8) is 0 Å². The molecular weight excluding hydrogens is 218 g/mol. The third-order valence-electron chi connectivity index (χ3n) is 4.03. The molecule has 2 aliphatic rings. The van der Waals surface area contributed by atoms with E-state index in [1.54, 1.807) is 4.90 Å². The topological polar surface area (TPSA) is 46.6 Å². The summed E-state index contributed by atoms with van der Waals surface area (Å²) in [4.78, 5) is 24.8. The molecule has 1 saturated carbocycles. The summed E-state index contributed by atoms with van der Waals surface area (Å²) in [6.45, 7) is 7.22. The maximum absolute atomic E-state index is 11.8. The fraction of sp³-hybridized carbons (Fsp3) is 0.846. The average Bonchev–Trinajstić information content (AvgIpc) is 2.57. The first-order chi connectivity index (χ1) is 7.86. The van der Waals surface area contributed by atoms with Crippen LogP contribution >= 0.6 is 0 Å². The van der Waals surface area contributed by atoms with Crippen molar-refractivity contribution in [3.8, 4) is 0 Å². The van der Waals surface area contributed by atoms with E-state index in [9.17, 15) is 9.59 Å². The summed E-state index contributed by atoms with van der Waals surface area (Å²) in [6.07, 6.45) is 2.84. The summed E-state index contributed by atoms with van der Waals surface area (Å²) in [5.41, 5.74) is -0.308. The fourth-order valence-corrected chi connectivity index (χ4v) is 2.54. The Hall–Kier alpha value is -1.06. The van der Waals surface area contributed by atoms with Crippen LogP contribution in [-0.2, 0) is 9.53 Å². The molecule has 0 N–H and O–H groups in total. The number of likely N-dealkylation sites (tertiary alicyclic amines) is 1. The highest BCUT2D eigenvalue weighted by Gasteiger charge is 2.50. The summed E-state index contributed by atoms with van der Waals surface area (Å²) >= 11 is 0. The lowest BCUT2D eigenvalue weighted by Gasteiger charge is -2.47. The lowest BCUT2D eigenvalue weighted by molar-refractivity contribution is -0.119. The van der Waals surface area contributed by atoms with E-state index < -0.39 is 5.60 Å². The van der Waals surface area contributed by atoms with Crippen LogP contribution in [0.4, 0.5) is 4.79 Å². The van der Waals surface area contributed by atoms with Crippen LogP contribution in [0, 0.1) is 5.41 Å². The molecule has 1 heterocycles. The molecule has 4 heteroatoms. The number of hydrogen-bond donors (Lipinski definition) is 0. The third kappa shape index (κ3) is 2.45. The molecule has 0 aromatic heterocycles. The molecule has 0 unspecified atom stereocenters. The Morgan fingerprint density at radius 2 is 2.12 bits per heavy atom. The van der Waals surface area contributed by atoms with E-state index in [2.05, 4.69) is 0 Å². The predicted molar refractivity (Wildman–Crippen MR) is 63.7 cm³/mol. The van der Waals surface area contributed by atoms with E-state index >= 15 is 0 Å². The molecule has 1 spiro atoms. The number of ketones is 1. The van der Waals surface area contributed by atoms with Gasteiger partial charge in [0.2, 0.25) is 0 Å². The number of ether oxygens (including phenoxy) is 1. The Morgan fingerprint density at radius 3 is 2.59 bits per heavy atom. The minimum absolute atomic E-state index is 0.0897. The van der Waals surface area contributed by atoms with Gasteiger partial charge in [0.05, 0.1) is 0 Å². The van der Waals surface area contributed by atoms with Crippen molar-refractivity contribution in [1.82, 2.24) is 4.90 Å². The summed E-state index contributed by atoms with van der Waals surface area (Å²) in [5, 5.41) is 0. The molecule has 0 aromatic carbocycles. The van der Waals surface area contributed by atoms with Gasteiger partial charge >= 0.3 is 6.09 Å². The van der Waals surface area contributed by atoms with Gasteiger partial charge in [0.25, 0.3) is 0 Å². The molecule has 1 aliphatic carbocycles. The van der Waals surface area contributed by atoms with E-state index in [-0.39, 0.29) is 11.5 Å². The average molecular weight is 239 g/mol. The van der Waals surface area contributed by atoms with E-state index in [1.165, 1.54) is 0 Å². The van der Waals surface area contributed by atoms with Crippen LogP contribution in [-0.4, -0.2) is 35.5 Å². The summed E-state index contributed by atoms with van der Waals surface area (Å²) in [6, 6.07) is 0. The van der Waals surface area contributed by atoms with Gasteiger partial charge in [-0.15, -0.1) is 0 Å². The normalized spacial score (nSPS) is 22.8. The molecule has 0 aromatic rings. The molecular formula is C13H21NO3. The molecule has 0 radical (unpaired) electrons. The van der Waals surface area contributed by atoms with Crippen molar-refractivity contribution in [2.75, 3.05) is 13.1 Å². The van der Waals surface area contributed by atoms with Crippen LogP contribution in [0.1, 0.15) is 46.5 Å². The molecule has 96 valence electrons. The first-order valence-corrected chi connectivity index (χ1v) is 6.35. The molecule has 1 amide bonds. The minimum atomic E-state index is -0.397. The summed E-state index contributed by atoms with van der Waals surface area (Å²) < 4.78 is 5.42. The lowest BCUT2D eigenvalue weighted by atomic mass is 9.78. The number of hydrogen-bond acceptors (Lipinski definition) is 3. The maximum atomic E-state index is 11.8. The van der Waals surface area contributed by atoms with E-state index in [4.69, 9.17) is 4.74 Å². The van der Waals surface area contributed by atoms with Crippen LogP contribution in [0.15, 0.2) is 0 Å². The Balaban J connectivity index is 1.84. The molecule has 1 saturated heterocycles. The van der Waals surface area contributed by atoms with E-state index in [1.807, 2.05) is 20.8 Å². The zero-order valence-electron chi connectivity index (χ0n) is 10.9. The molecule has 2 fully saturated rings. The number of Topliss-reactive ketones (excluding diaryl/α,β-unsaturated/α-hetero) is 1. The highest BCUT2D eigenvalue weighted by Crippen LogP contribution is 2.44. The maximum Gasteiger partial charge on any atom is 0.410 e. The van der Waals surface area contributed by atoms with Crippen LogP contribution < -0.4 is 0 Å². The Morgan fingerprint density at radius 1 is 1.47 bits per heavy atom. The van der Waals surface area contributed by atoms with Crippen molar-refractivity contribution in [3.05, 3.63) is 0 Å². The van der Waals surface area contributed by atoms with Gasteiger partial charge in [-0.1, -0.05) is 6.92 Å². The van der Waals surface area contributed by atoms with Crippen LogP contribution in [0.5, 0.6) is 0 Å². The first kappa shape index (κ1) is 12.4. The minimum Gasteiger partial charge on any atom is -0.443 e. The smallest absolute Gasteiger partial charge is 0.410 e. The predicted octanol–water partition coefficient (Wildman–Crippen LogP) is 2.37. The second-order valence-electron chi connectivity index (χ2n) is 6.05. The van der Waals surface area contributed by atoms with Crippen molar-refractivity contribution < 1.29 is 14.3 Å². The number of rotatable bonds is 2. The molecule has 0 bridgehead atoms. The first-order valence-electron chi connectivity index (χ1n) is 6.35. The molecule has 1 aliphatic heterocycles. The zero-order chi connectivity index (χ0) is 12.7. The van der Waals surface area contributed by atoms with Crippen LogP contribution in [0.2, 0.25) is 0 Å². The highest BCUT2D eigenvalue weighted by molar-refractivity contribution is 5.82. The van der Waals surface area contributed by atoms with Gasteiger partial charge in [0, 0.05) is 31.3 Å². The van der Waals surface area contributed by atoms with Crippen molar-refractivity contribution in [2.24, 2.45) is 5.41 Å². The van der Waals surface area contributed by atoms with Crippen molar-refractivity contribution in [2.45, 2.75) is 52.1 Å². The highest BCUT2D eigenvalue weighted by atomic mass is 16.6. The van der Waals surface area contributed by atoms with Crippen LogP contribution in [0.3, 0.4) is 0 Å². The van der Waals surface area contributed by atoms with Gasteiger partial charge in [0.1, 0.15) is 11.4 Å². The van der Waals surface area contributed by atoms with Gasteiger partial charge in [-0.25, -0.2) is 4.79 Å². The van der Waals surface area contributed by atoms with E-state index in [0.29, 0.717) is 31.7 Å². The second kappa shape index (κ2) is 4.00. The number of nitrogens with zero attached hydrogens (tertiary/aromatic N) is 1. The number of carbonyl (C=O) groups excluding carboxylic acids is 2.